The van der Waals surface area contributed by atoms with E-state index in [0.29, 0.717) is 24.1 Å². The quantitative estimate of drug-likeness (QED) is 0.903. The number of hydrogen-bond acceptors (Lipinski definition) is 6. The number of aryl methyl sites for hydroxylation is 1. The molecule has 0 atom stereocenters. The number of ether oxygens (including phenoxy) is 1. The molecule has 0 saturated heterocycles. The summed E-state index contributed by atoms with van der Waals surface area (Å²) in [5.41, 5.74) is 1.76. The van der Waals surface area contributed by atoms with E-state index in [1.807, 2.05) is 13.8 Å². The van der Waals surface area contributed by atoms with Crippen molar-refractivity contribution < 1.29 is 4.74 Å². The van der Waals surface area contributed by atoms with Gasteiger partial charge in [-0.3, -0.25) is 0 Å². The molecule has 106 valence electrons. The first-order valence-electron chi connectivity index (χ1n) is 6.24. The highest BCUT2D eigenvalue weighted by Gasteiger charge is 2.14. The molecule has 0 amide bonds. The summed E-state index contributed by atoms with van der Waals surface area (Å²) in [6.45, 7) is 5.09. The average molecular weight is 338 g/mol. The van der Waals surface area contributed by atoms with Crippen LogP contribution in [0.5, 0.6) is 0 Å². The van der Waals surface area contributed by atoms with Crippen LogP contribution in [-0.4, -0.2) is 33.6 Å². The lowest BCUT2D eigenvalue weighted by Crippen LogP contribution is -2.08. The van der Waals surface area contributed by atoms with Crippen LogP contribution in [0, 0.1) is 6.92 Å². The molecule has 0 saturated carbocycles. The second kappa shape index (κ2) is 6.71. The van der Waals surface area contributed by atoms with E-state index >= 15 is 0 Å². The van der Waals surface area contributed by atoms with Gasteiger partial charge in [-0.1, -0.05) is 0 Å². The molecular weight excluding hydrogens is 322 g/mol. The van der Waals surface area contributed by atoms with Crippen LogP contribution in [0.1, 0.15) is 18.2 Å². The van der Waals surface area contributed by atoms with Crippen molar-refractivity contribution in [2.24, 2.45) is 0 Å². The predicted octanol–water partition coefficient (Wildman–Crippen LogP) is 2.58. The Labute approximate surface area is 126 Å². The summed E-state index contributed by atoms with van der Waals surface area (Å²) in [7, 11) is 1.63. The third-order valence-electron chi connectivity index (χ3n) is 2.53. The van der Waals surface area contributed by atoms with Gasteiger partial charge in [-0.2, -0.15) is 0 Å². The molecule has 0 aliphatic rings. The molecule has 2 heterocycles. The second-order valence-corrected chi connectivity index (χ2v) is 5.00. The van der Waals surface area contributed by atoms with Crippen LogP contribution in [0.3, 0.4) is 0 Å². The van der Waals surface area contributed by atoms with Crippen molar-refractivity contribution in [1.82, 2.24) is 19.9 Å². The lowest BCUT2D eigenvalue weighted by molar-refractivity contribution is 0.181. The van der Waals surface area contributed by atoms with E-state index < -0.39 is 0 Å². The monoisotopic (exact) mass is 337 g/mol. The summed E-state index contributed by atoms with van der Waals surface area (Å²) >= 11 is 3.49. The van der Waals surface area contributed by atoms with Crippen LogP contribution >= 0.6 is 15.9 Å². The van der Waals surface area contributed by atoms with E-state index in [9.17, 15) is 0 Å². The van der Waals surface area contributed by atoms with Crippen molar-refractivity contribution in [3.05, 3.63) is 28.1 Å². The van der Waals surface area contributed by atoms with Gasteiger partial charge in [0.1, 0.15) is 5.82 Å². The fraction of sp³-hybridized carbons (Fsp3) is 0.385. The zero-order chi connectivity index (χ0) is 14.5. The molecule has 2 aromatic rings. The molecule has 7 heteroatoms. The van der Waals surface area contributed by atoms with Crippen LogP contribution in [0.2, 0.25) is 0 Å². The largest absolute Gasteiger partial charge is 0.378 e. The van der Waals surface area contributed by atoms with Crippen LogP contribution in [0.25, 0.3) is 11.6 Å². The number of hydrogen-bond donors (Lipinski definition) is 1. The first kappa shape index (κ1) is 14.8. The van der Waals surface area contributed by atoms with Crippen molar-refractivity contribution in [3.63, 3.8) is 0 Å². The Morgan fingerprint density at radius 1 is 1.20 bits per heavy atom. The minimum atomic E-state index is 0.389. The summed E-state index contributed by atoms with van der Waals surface area (Å²) in [5, 5.41) is 3.19. The summed E-state index contributed by atoms with van der Waals surface area (Å²) in [6.07, 6.45) is 3.49. The van der Waals surface area contributed by atoms with Crippen molar-refractivity contribution >= 4 is 21.7 Å². The molecule has 1 N–H and O–H groups in total. The molecule has 2 aromatic heterocycles. The molecular formula is C13H16BrN5O. The number of halogens is 1. The minimum absolute atomic E-state index is 0.389. The van der Waals surface area contributed by atoms with Gasteiger partial charge >= 0.3 is 0 Å². The maximum Gasteiger partial charge on any atom is 0.200 e. The third kappa shape index (κ3) is 3.29. The number of aromatic nitrogens is 4. The van der Waals surface area contributed by atoms with E-state index in [4.69, 9.17) is 4.74 Å². The Bertz CT molecular complexity index is 561. The molecule has 2 rings (SSSR count). The van der Waals surface area contributed by atoms with E-state index in [-0.39, 0.29) is 0 Å². The highest BCUT2D eigenvalue weighted by atomic mass is 79.9. The van der Waals surface area contributed by atoms with Gasteiger partial charge in [0.25, 0.3) is 0 Å². The summed E-state index contributed by atoms with van der Waals surface area (Å²) in [4.78, 5) is 17.4. The van der Waals surface area contributed by atoms with E-state index in [2.05, 4.69) is 41.2 Å². The first-order chi connectivity index (χ1) is 9.65. The zero-order valence-electron chi connectivity index (χ0n) is 11.6. The molecule has 0 spiro atoms. The molecule has 20 heavy (non-hydrogen) atoms. The van der Waals surface area contributed by atoms with Crippen LogP contribution < -0.4 is 5.32 Å². The maximum atomic E-state index is 5.16. The van der Waals surface area contributed by atoms with Crippen molar-refractivity contribution in [2.75, 3.05) is 19.0 Å². The van der Waals surface area contributed by atoms with Gasteiger partial charge in [0.2, 0.25) is 0 Å². The fourth-order valence-electron chi connectivity index (χ4n) is 1.62. The topological polar surface area (TPSA) is 72.8 Å². The van der Waals surface area contributed by atoms with Crippen molar-refractivity contribution in [1.29, 1.82) is 0 Å². The Kier molecular flexibility index (Phi) is 4.97. The van der Waals surface area contributed by atoms with Crippen molar-refractivity contribution in [2.45, 2.75) is 20.5 Å². The Morgan fingerprint density at radius 3 is 2.50 bits per heavy atom. The molecule has 0 aliphatic heterocycles. The number of methoxy groups -OCH3 is 1. The number of nitrogens with zero attached hydrogens (tertiary/aromatic N) is 4. The van der Waals surface area contributed by atoms with Gasteiger partial charge < -0.3 is 10.1 Å². The molecule has 0 fully saturated rings. The molecule has 0 radical (unpaired) electrons. The number of anilines is 1. The standard InChI is InChI=1S/C13H16BrN5O/c1-4-15-11-10(14)9(7-20-3)18-13(19-11)12-16-5-8(2)6-17-12/h5-6H,4,7H2,1-3H3,(H,15,18,19). The van der Waals surface area contributed by atoms with Crippen LogP contribution in [0.4, 0.5) is 5.82 Å². The van der Waals surface area contributed by atoms with Gasteiger partial charge in [-0.15, -0.1) is 0 Å². The lowest BCUT2D eigenvalue weighted by atomic mass is 10.3. The smallest absolute Gasteiger partial charge is 0.200 e. The van der Waals surface area contributed by atoms with E-state index in [0.717, 1.165) is 22.3 Å². The second-order valence-electron chi connectivity index (χ2n) is 4.20. The third-order valence-corrected chi connectivity index (χ3v) is 3.36. The van der Waals surface area contributed by atoms with Gasteiger partial charge in [-0.25, -0.2) is 19.9 Å². The Balaban J connectivity index is 2.49. The maximum absolute atomic E-state index is 5.16. The van der Waals surface area contributed by atoms with Gasteiger partial charge in [-0.05, 0) is 35.3 Å². The average Bonchev–Trinajstić information content (AvgIpc) is 2.44. The molecule has 0 aromatic carbocycles. The van der Waals surface area contributed by atoms with Gasteiger partial charge in [0.15, 0.2) is 11.6 Å². The van der Waals surface area contributed by atoms with Crippen LogP contribution in [0.15, 0.2) is 16.9 Å². The highest BCUT2D eigenvalue weighted by molar-refractivity contribution is 9.10. The van der Waals surface area contributed by atoms with Gasteiger partial charge in [0, 0.05) is 26.0 Å². The molecule has 6 nitrogen and oxygen atoms in total. The number of nitrogens with one attached hydrogen (secondary N) is 1. The SMILES string of the molecule is CCNc1nc(-c2ncc(C)cn2)nc(COC)c1Br. The van der Waals surface area contributed by atoms with Gasteiger partial charge in [0.05, 0.1) is 16.8 Å². The zero-order valence-corrected chi connectivity index (χ0v) is 13.2. The summed E-state index contributed by atoms with van der Waals surface area (Å²) in [5.74, 6) is 1.70. The fourth-order valence-corrected chi connectivity index (χ4v) is 2.05. The minimum Gasteiger partial charge on any atom is -0.378 e. The van der Waals surface area contributed by atoms with Crippen molar-refractivity contribution in [3.8, 4) is 11.6 Å². The molecule has 0 unspecified atom stereocenters. The van der Waals surface area contributed by atoms with E-state index in [1.165, 1.54) is 0 Å². The number of rotatable bonds is 5. The normalized spacial score (nSPS) is 10.6. The van der Waals surface area contributed by atoms with Crippen LogP contribution in [-0.2, 0) is 11.3 Å². The lowest BCUT2D eigenvalue weighted by Gasteiger charge is -2.11. The summed E-state index contributed by atoms with van der Waals surface area (Å²) < 4.78 is 5.97. The first-order valence-corrected chi connectivity index (χ1v) is 7.03. The molecule has 0 bridgehead atoms. The Hall–Kier alpha value is -1.60. The predicted molar refractivity (Wildman–Crippen MR) is 80.4 cm³/mol. The Morgan fingerprint density at radius 2 is 1.90 bits per heavy atom. The highest BCUT2D eigenvalue weighted by Crippen LogP contribution is 2.26. The molecule has 0 aliphatic carbocycles. The summed E-state index contributed by atoms with van der Waals surface area (Å²) in [6, 6.07) is 0. The van der Waals surface area contributed by atoms with E-state index in [1.54, 1.807) is 19.5 Å².